The summed E-state index contributed by atoms with van der Waals surface area (Å²) in [5, 5.41) is 4.09. The van der Waals surface area contributed by atoms with Crippen molar-refractivity contribution >= 4 is 11.9 Å². The van der Waals surface area contributed by atoms with Gasteiger partial charge in [0.05, 0.1) is 12.7 Å². The molecule has 19 heavy (non-hydrogen) atoms. The second-order valence-electron chi connectivity index (χ2n) is 4.37. The minimum Gasteiger partial charge on any atom is -0.375 e. The van der Waals surface area contributed by atoms with Gasteiger partial charge in [0, 0.05) is 25.5 Å². The van der Waals surface area contributed by atoms with Crippen LogP contribution in [0.5, 0.6) is 0 Å². The minimum absolute atomic E-state index is 0.153. The Morgan fingerprint density at radius 1 is 1.32 bits per heavy atom. The number of hydrogen-bond acceptors (Lipinski definition) is 7. The van der Waals surface area contributed by atoms with Gasteiger partial charge in [-0.25, -0.2) is 4.68 Å². The summed E-state index contributed by atoms with van der Waals surface area (Å²) in [7, 11) is 0. The lowest BCUT2D eigenvalue weighted by Gasteiger charge is -2.31. The molecule has 0 bridgehead atoms. The highest BCUT2D eigenvalue weighted by Gasteiger charge is 2.20. The Morgan fingerprint density at radius 3 is 2.89 bits per heavy atom. The number of hydrogen-bond donors (Lipinski definition) is 1. The Labute approximate surface area is 110 Å². The number of nitrogens with zero attached hydrogens (tertiary/aromatic N) is 6. The van der Waals surface area contributed by atoms with Gasteiger partial charge in [0.2, 0.25) is 11.9 Å². The molecule has 0 saturated carbocycles. The highest BCUT2D eigenvalue weighted by Crippen LogP contribution is 2.15. The maximum atomic E-state index is 5.75. The summed E-state index contributed by atoms with van der Waals surface area (Å²) in [6, 6.07) is 1.80. The first-order chi connectivity index (χ1) is 9.22. The van der Waals surface area contributed by atoms with Gasteiger partial charge in [-0.05, 0) is 13.0 Å². The summed E-state index contributed by atoms with van der Waals surface area (Å²) in [6.45, 7) is 4.16. The molecule has 100 valence electrons. The van der Waals surface area contributed by atoms with Crippen molar-refractivity contribution in [1.29, 1.82) is 0 Å². The predicted molar refractivity (Wildman–Crippen MR) is 69.0 cm³/mol. The largest absolute Gasteiger partial charge is 0.375 e. The van der Waals surface area contributed by atoms with Crippen LogP contribution < -0.4 is 10.6 Å². The molecular formula is C11H15N7O. The summed E-state index contributed by atoms with van der Waals surface area (Å²) in [6.07, 6.45) is 3.58. The first-order valence-electron chi connectivity index (χ1n) is 6.10. The van der Waals surface area contributed by atoms with E-state index in [-0.39, 0.29) is 12.1 Å². The maximum absolute atomic E-state index is 5.75. The van der Waals surface area contributed by atoms with Gasteiger partial charge in [-0.1, -0.05) is 0 Å². The average molecular weight is 261 g/mol. The van der Waals surface area contributed by atoms with Crippen LogP contribution in [0.1, 0.15) is 6.92 Å². The van der Waals surface area contributed by atoms with E-state index in [9.17, 15) is 0 Å². The second kappa shape index (κ2) is 4.81. The van der Waals surface area contributed by atoms with Crippen LogP contribution in [-0.4, -0.2) is 50.5 Å². The molecule has 1 aliphatic heterocycles. The number of rotatable bonds is 2. The molecule has 2 aromatic rings. The molecule has 1 aliphatic rings. The third-order valence-electron chi connectivity index (χ3n) is 2.86. The molecule has 0 spiro atoms. The van der Waals surface area contributed by atoms with Crippen molar-refractivity contribution in [3.8, 4) is 5.95 Å². The van der Waals surface area contributed by atoms with E-state index in [0.717, 1.165) is 13.1 Å². The van der Waals surface area contributed by atoms with Gasteiger partial charge in [0.25, 0.3) is 5.95 Å². The predicted octanol–water partition coefficient (Wildman–Crippen LogP) is -0.135. The van der Waals surface area contributed by atoms with Crippen LogP contribution in [0.25, 0.3) is 5.95 Å². The smallest absolute Gasteiger partial charge is 0.257 e. The SMILES string of the molecule is CC1CN(c2nc(N)nc(-n3cccn3)n2)CCO1. The molecule has 3 heterocycles. The molecule has 2 aromatic heterocycles. The normalized spacial score (nSPS) is 19.6. The van der Waals surface area contributed by atoms with Crippen LogP contribution in [0, 0.1) is 0 Å². The van der Waals surface area contributed by atoms with E-state index in [2.05, 4.69) is 20.1 Å². The number of nitrogen functional groups attached to an aromatic ring is 1. The number of ether oxygens (including phenoxy) is 1. The third kappa shape index (κ3) is 2.48. The lowest BCUT2D eigenvalue weighted by molar-refractivity contribution is 0.0526. The Balaban J connectivity index is 1.93. The highest BCUT2D eigenvalue weighted by molar-refractivity contribution is 5.38. The fraction of sp³-hybridized carbons (Fsp3) is 0.455. The number of aromatic nitrogens is 5. The fourth-order valence-electron chi connectivity index (χ4n) is 2.00. The molecule has 3 rings (SSSR count). The van der Waals surface area contributed by atoms with Crippen molar-refractivity contribution in [2.45, 2.75) is 13.0 Å². The molecule has 2 N–H and O–H groups in total. The third-order valence-corrected chi connectivity index (χ3v) is 2.86. The Morgan fingerprint density at radius 2 is 2.16 bits per heavy atom. The van der Waals surface area contributed by atoms with Gasteiger partial charge in [0.15, 0.2) is 0 Å². The number of morpholine rings is 1. The Kier molecular flexibility index (Phi) is 3.00. The molecule has 8 heteroatoms. The monoisotopic (exact) mass is 261 g/mol. The van der Waals surface area contributed by atoms with Gasteiger partial charge in [0.1, 0.15) is 0 Å². The molecule has 0 radical (unpaired) electrons. The molecular weight excluding hydrogens is 246 g/mol. The van der Waals surface area contributed by atoms with Crippen molar-refractivity contribution in [1.82, 2.24) is 24.7 Å². The summed E-state index contributed by atoms with van der Waals surface area (Å²) < 4.78 is 7.06. The van der Waals surface area contributed by atoms with Gasteiger partial charge in [-0.15, -0.1) is 0 Å². The van der Waals surface area contributed by atoms with Gasteiger partial charge in [-0.2, -0.15) is 20.1 Å². The van der Waals surface area contributed by atoms with Crippen LogP contribution in [0.3, 0.4) is 0 Å². The number of anilines is 2. The van der Waals surface area contributed by atoms with Crippen LogP contribution in [0.15, 0.2) is 18.5 Å². The summed E-state index contributed by atoms with van der Waals surface area (Å²) in [4.78, 5) is 14.7. The molecule has 1 saturated heterocycles. The molecule has 0 aromatic carbocycles. The van der Waals surface area contributed by atoms with Crippen molar-refractivity contribution in [3.05, 3.63) is 18.5 Å². The van der Waals surface area contributed by atoms with Crippen molar-refractivity contribution in [3.63, 3.8) is 0 Å². The van der Waals surface area contributed by atoms with E-state index in [0.29, 0.717) is 18.5 Å². The zero-order valence-electron chi connectivity index (χ0n) is 10.6. The van der Waals surface area contributed by atoms with Gasteiger partial charge >= 0.3 is 0 Å². The number of nitrogens with two attached hydrogens (primary N) is 1. The molecule has 1 fully saturated rings. The van der Waals surface area contributed by atoms with E-state index in [1.165, 1.54) is 0 Å². The van der Waals surface area contributed by atoms with E-state index in [4.69, 9.17) is 10.5 Å². The Bertz CT molecular complexity index is 556. The first-order valence-corrected chi connectivity index (χ1v) is 6.10. The zero-order chi connectivity index (χ0) is 13.2. The fourth-order valence-corrected chi connectivity index (χ4v) is 2.00. The van der Waals surface area contributed by atoms with Crippen molar-refractivity contribution in [2.75, 3.05) is 30.3 Å². The lowest BCUT2D eigenvalue weighted by Crippen LogP contribution is -2.42. The summed E-state index contributed by atoms with van der Waals surface area (Å²) >= 11 is 0. The summed E-state index contributed by atoms with van der Waals surface area (Å²) in [5.74, 6) is 1.18. The van der Waals surface area contributed by atoms with Crippen LogP contribution >= 0.6 is 0 Å². The first kappa shape index (κ1) is 11.8. The minimum atomic E-state index is 0.153. The standard InChI is InChI=1S/C11H15N7O/c1-8-7-17(5-6-19-8)10-14-9(12)15-11(16-10)18-4-2-3-13-18/h2-4,8H,5-7H2,1H3,(H2,12,14,15,16). The van der Waals surface area contributed by atoms with Crippen molar-refractivity contribution < 1.29 is 4.74 Å². The molecule has 1 atom stereocenters. The average Bonchev–Trinajstić information content (AvgIpc) is 2.92. The van der Waals surface area contributed by atoms with Crippen molar-refractivity contribution in [2.24, 2.45) is 0 Å². The highest BCUT2D eigenvalue weighted by atomic mass is 16.5. The molecule has 1 unspecified atom stereocenters. The quantitative estimate of drug-likeness (QED) is 0.804. The Hall–Kier alpha value is -2.22. The van der Waals surface area contributed by atoms with Gasteiger partial charge in [-0.3, -0.25) is 0 Å². The van der Waals surface area contributed by atoms with Gasteiger partial charge < -0.3 is 15.4 Å². The lowest BCUT2D eigenvalue weighted by atomic mass is 10.3. The maximum Gasteiger partial charge on any atom is 0.257 e. The molecule has 0 aliphatic carbocycles. The summed E-state index contributed by atoms with van der Waals surface area (Å²) in [5.41, 5.74) is 5.75. The second-order valence-corrected chi connectivity index (χ2v) is 4.37. The van der Waals surface area contributed by atoms with E-state index >= 15 is 0 Å². The topological polar surface area (TPSA) is 95.0 Å². The van der Waals surface area contributed by atoms with E-state index in [1.54, 1.807) is 23.1 Å². The molecule has 0 amide bonds. The van der Waals surface area contributed by atoms with Crippen LogP contribution in [0.2, 0.25) is 0 Å². The van der Waals surface area contributed by atoms with E-state index in [1.807, 2.05) is 11.8 Å². The van der Waals surface area contributed by atoms with Crippen LogP contribution in [-0.2, 0) is 4.74 Å². The van der Waals surface area contributed by atoms with Crippen LogP contribution in [0.4, 0.5) is 11.9 Å². The molecule has 8 nitrogen and oxygen atoms in total. The zero-order valence-corrected chi connectivity index (χ0v) is 10.6. The van der Waals surface area contributed by atoms with E-state index < -0.39 is 0 Å².